The van der Waals surface area contributed by atoms with Crippen LogP contribution in [0.5, 0.6) is 0 Å². The van der Waals surface area contributed by atoms with E-state index in [1.165, 1.54) is 0 Å². The van der Waals surface area contributed by atoms with Crippen LogP contribution in [-0.4, -0.2) is 70.6 Å². The van der Waals surface area contributed by atoms with Gasteiger partial charge in [0.25, 0.3) is 0 Å². The Kier molecular flexibility index (Phi) is 11.1. The quantitative estimate of drug-likeness (QED) is 0.222. The topological polar surface area (TPSA) is 174 Å². The Morgan fingerprint density at radius 1 is 0.969 bits per heavy atom. The highest BCUT2D eigenvalue weighted by molar-refractivity contribution is 5.95. The van der Waals surface area contributed by atoms with Gasteiger partial charge >= 0.3 is 11.9 Å². The summed E-state index contributed by atoms with van der Waals surface area (Å²) in [6.07, 6.45) is 1.48. The van der Waals surface area contributed by atoms with Crippen LogP contribution in [-0.2, 0) is 24.0 Å². The summed E-state index contributed by atoms with van der Waals surface area (Å²) in [6.45, 7) is 7.90. The molecule has 1 rings (SSSR count). The van der Waals surface area contributed by atoms with Crippen molar-refractivity contribution in [2.24, 2.45) is 11.8 Å². The Morgan fingerprint density at radius 2 is 1.59 bits per heavy atom. The highest BCUT2D eigenvalue weighted by atomic mass is 16.4. The summed E-state index contributed by atoms with van der Waals surface area (Å²) in [6, 6.07) is -4.07. The van der Waals surface area contributed by atoms with E-state index in [9.17, 15) is 34.2 Å². The lowest BCUT2D eigenvalue weighted by atomic mass is 9.97. The lowest BCUT2D eigenvalue weighted by Gasteiger charge is -2.27. The number of nitrogens with one attached hydrogen (secondary N) is 4. The lowest BCUT2D eigenvalue weighted by Crippen LogP contribution is -2.59. The zero-order chi connectivity index (χ0) is 24.4. The van der Waals surface area contributed by atoms with Crippen LogP contribution in [0.15, 0.2) is 0 Å². The van der Waals surface area contributed by atoms with Crippen LogP contribution in [0.3, 0.4) is 0 Å². The Hall–Kier alpha value is -2.69. The first-order chi connectivity index (χ1) is 15.0. The van der Waals surface area contributed by atoms with Crippen LogP contribution in [0.2, 0.25) is 0 Å². The third-order valence-electron chi connectivity index (χ3n) is 5.50. The largest absolute Gasteiger partial charge is 0.481 e. The molecule has 182 valence electrons. The van der Waals surface area contributed by atoms with Crippen molar-refractivity contribution in [3.05, 3.63) is 0 Å². The molecular weight excluding hydrogens is 420 g/mol. The number of hydrogen-bond acceptors (Lipinski definition) is 6. The third-order valence-corrected chi connectivity index (χ3v) is 5.50. The Labute approximate surface area is 188 Å². The second kappa shape index (κ2) is 13.0. The fourth-order valence-electron chi connectivity index (χ4n) is 3.47. The number of carbonyl (C=O) groups is 5. The number of rotatable bonds is 13. The molecule has 3 amide bonds. The fraction of sp³-hybridized carbons (Fsp3) is 0.762. The van der Waals surface area contributed by atoms with Gasteiger partial charge in [-0.25, -0.2) is 4.79 Å². The van der Waals surface area contributed by atoms with Crippen molar-refractivity contribution in [2.45, 2.75) is 84.0 Å². The van der Waals surface area contributed by atoms with Gasteiger partial charge < -0.3 is 31.5 Å². The Morgan fingerprint density at radius 3 is 2.06 bits per heavy atom. The molecular formula is C21H36N4O7. The van der Waals surface area contributed by atoms with Gasteiger partial charge in [-0.05, 0) is 37.6 Å². The molecule has 0 saturated carbocycles. The van der Waals surface area contributed by atoms with Crippen molar-refractivity contribution in [3.8, 4) is 0 Å². The predicted octanol–water partition coefficient (Wildman–Crippen LogP) is -0.156. The summed E-state index contributed by atoms with van der Waals surface area (Å²) < 4.78 is 0. The first-order valence-corrected chi connectivity index (χ1v) is 11.0. The smallest absolute Gasteiger partial charge is 0.326 e. The van der Waals surface area contributed by atoms with Crippen molar-refractivity contribution in [2.75, 3.05) is 6.54 Å². The molecule has 1 aliphatic heterocycles. The van der Waals surface area contributed by atoms with Gasteiger partial charge in [-0.3, -0.25) is 19.2 Å². The van der Waals surface area contributed by atoms with E-state index in [-0.39, 0.29) is 24.2 Å². The minimum atomic E-state index is -1.48. The van der Waals surface area contributed by atoms with Crippen LogP contribution >= 0.6 is 0 Å². The third kappa shape index (κ3) is 8.81. The molecule has 1 saturated heterocycles. The van der Waals surface area contributed by atoms with Crippen molar-refractivity contribution >= 4 is 29.7 Å². The molecule has 0 bridgehead atoms. The van der Waals surface area contributed by atoms with Gasteiger partial charge in [-0.1, -0.05) is 34.1 Å². The fourth-order valence-corrected chi connectivity index (χ4v) is 3.47. The van der Waals surface area contributed by atoms with E-state index >= 15 is 0 Å². The monoisotopic (exact) mass is 456 g/mol. The summed E-state index contributed by atoms with van der Waals surface area (Å²) in [5.74, 6) is -4.81. The number of carbonyl (C=O) groups excluding carboxylic acids is 3. The van der Waals surface area contributed by atoms with Crippen LogP contribution in [0.4, 0.5) is 0 Å². The SMILES string of the molecule is CCC(C)C(NC(=O)C1CCCN1)C(=O)NC(CC(=O)O)C(=O)NC(CC(C)C)C(=O)O. The minimum absolute atomic E-state index is 0.0295. The van der Waals surface area contributed by atoms with Gasteiger partial charge in [0.15, 0.2) is 0 Å². The van der Waals surface area contributed by atoms with E-state index in [1.807, 2.05) is 6.92 Å². The van der Waals surface area contributed by atoms with Crippen molar-refractivity contribution in [1.82, 2.24) is 21.3 Å². The maximum absolute atomic E-state index is 13.0. The van der Waals surface area contributed by atoms with Crippen LogP contribution in [0.1, 0.15) is 59.8 Å². The lowest BCUT2D eigenvalue weighted by molar-refractivity contribution is -0.144. The van der Waals surface area contributed by atoms with Gasteiger partial charge in [0.2, 0.25) is 17.7 Å². The standard InChI is InChI=1S/C21H36N4O7/c1-5-12(4)17(25-18(28)13-7-6-8-22-13)20(30)23-14(10-16(26)27)19(29)24-15(21(31)32)9-11(2)3/h11-15,17,22H,5-10H2,1-4H3,(H,23,30)(H,24,29)(H,25,28)(H,26,27)(H,31,32). The molecule has 0 aromatic carbocycles. The molecule has 1 fully saturated rings. The van der Waals surface area contributed by atoms with Crippen molar-refractivity contribution in [3.63, 3.8) is 0 Å². The Bertz CT molecular complexity index is 692. The van der Waals surface area contributed by atoms with E-state index in [1.54, 1.807) is 20.8 Å². The minimum Gasteiger partial charge on any atom is -0.481 e. The van der Waals surface area contributed by atoms with E-state index in [2.05, 4.69) is 21.3 Å². The molecule has 6 N–H and O–H groups in total. The molecule has 5 atom stereocenters. The van der Waals surface area contributed by atoms with Crippen LogP contribution in [0.25, 0.3) is 0 Å². The summed E-state index contributed by atoms with van der Waals surface area (Å²) in [5, 5.41) is 29.0. The van der Waals surface area contributed by atoms with Crippen molar-refractivity contribution < 1.29 is 34.2 Å². The van der Waals surface area contributed by atoms with Crippen LogP contribution < -0.4 is 21.3 Å². The molecule has 11 nitrogen and oxygen atoms in total. The molecule has 0 aromatic heterocycles. The number of amides is 3. The highest BCUT2D eigenvalue weighted by Crippen LogP contribution is 2.12. The highest BCUT2D eigenvalue weighted by Gasteiger charge is 2.34. The normalized spacial score (nSPS) is 19.5. The average Bonchev–Trinajstić information content (AvgIpc) is 3.24. The van der Waals surface area contributed by atoms with E-state index in [0.717, 1.165) is 6.42 Å². The average molecular weight is 457 g/mol. The summed E-state index contributed by atoms with van der Waals surface area (Å²) >= 11 is 0. The molecule has 0 spiro atoms. The van der Waals surface area contributed by atoms with E-state index in [4.69, 9.17) is 0 Å². The number of carboxylic acids is 2. The predicted molar refractivity (Wildman–Crippen MR) is 116 cm³/mol. The second-order valence-corrected chi connectivity index (χ2v) is 8.71. The zero-order valence-electron chi connectivity index (χ0n) is 19.1. The Balaban J connectivity index is 2.95. The van der Waals surface area contributed by atoms with Gasteiger partial charge in [0.1, 0.15) is 18.1 Å². The molecule has 0 aromatic rings. The van der Waals surface area contributed by atoms with E-state index in [0.29, 0.717) is 19.4 Å². The molecule has 0 aliphatic carbocycles. The molecule has 1 heterocycles. The summed E-state index contributed by atoms with van der Waals surface area (Å²) in [4.78, 5) is 60.8. The van der Waals surface area contributed by atoms with Crippen molar-refractivity contribution in [1.29, 1.82) is 0 Å². The number of carboxylic acid groups (broad SMARTS) is 2. The zero-order valence-corrected chi connectivity index (χ0v) is 19.1. The van der Waals surface area contributed by atoms with E-state index < -0.39 is 54.3 Å². The first-order valence-electron chi connectivity index (χ1n) is 11.0. The molecule has 1 aliphatic rings. The van der Waals surface area contributed by atoms with Gasteiger partial charge in [0.05, 0.1) is 12.5 Å². The van der Waals surface area contributed by atoms with Crippen LogP contribution in [0, 0.1) is 11.8 Å². The second-order valence-electron chi connectivity index (χ2n) is 8.71. The molecule has 11 heteroatoms. The first kappa shape index (κ1) is 27.3. The molecule has 5 unspecified atom stereocenters. The van der Waals surface area contributed by atoms with Gasteiger partial charge in [-0.15, -0.1) is 0 Å². The number of aliphatic carboxylic acids is 2. The van der Waals surface area contributed by atoms with Gasteiger partial charge in [0, 0.05) is 0 Å². The number of hydrogen-bond donors (Lipinski definition) is 6. The molecule has 0 radical (unpaired) electrons. The molecule has 32 heavy (non-hydrogen) atoms. The summed E-state index contributed by atoms with van der Waals surface area (Å²) in [7, 11) is 0. The van der Waals surface area contributed by atoms with Gasteiger partial charge in [-0.2, -0.15) is 0 Å². The maximum Gasteiger partial charge on any atom is 0.326 e. The summed E-state index contributed by atoms with van der Waals surface area (Å²) in [5.41, 5.74) is 0. The maximum atomic E-state index is 13.0.